The first-order valence-corrected chi connectivity index (χ1v) is 10.2. The number of benzene rings is 1. The number of pyridine rings is 1. The Morgan fingerprint density at radius 3 is 2.52 bits per heavy atom. The number of amides is 1. The highest BCUT2D eigenvalue weighted by Crippen LogP contribution is 2.27. The topological polar surface area (TPSA) is 99.1 Å². The van der Waals surface area contributed by atoms with E-state index in [4.69, 9.17) is 14.2 Å². The van der Waals surface area contributed by atoms with Gasteiger partial charge in [-0.2, -0.15) is 5.10 Å². The monoisotopic (exact) mass is 427 g/mol. The maximum absolute atomic E-state index is 12.6. The SMILES string of the molecule is CCCCOc1ccc(C=NNC(=O)c2cc(C(=O)OCC)c(C)nc2C)cc1OC. The molecule has 0 aliphatic carbocycles. The standard InChI is InChI=1S/C23H29N3O5/c1-6-8-11-31-20-10-9-17(12-21(20)29-5)14-24-26-22(27)18-13-19(23(28)30-7-2)16(4)25-15(18)3/h9-10,12-14H,6-8,11H2,1-5H3,(H,26,27). The summed E-state index contributed by atoms with van der Waals surface area (Å²) in [5.74, 6) is 0.255. The fourth-order valence-electron chi connectivity index (χ4n) is 2.81. The number of methoxy groups -OCH3 is 1. The molecule has 1 N–H and O–H groups in total. The molecule has 2 rings (SSSR count). The van der Waals surface area contributed by atoms with Crippen molar-refractivity contribution < 1.29 is 23.8 Å². The molecule has 8 heteroatoms. The lowest BCUT2D eigenvalue weighted by Gasteiger charge is -2.11. The number of aromatic nitrogens is 1. The second-order valence-corrected chi connectivity index (χ2v) is 6.79. The zero-order chi connectivity index (χ0) is 22.8. The Hall–Kier alpha value is -3.42. The van der Waals surface area contributed by atoms with Crippen LogP contribution in [0.5, 0.6) is 11.5 Å². The summed E-state index contributed by atoms with van der Waals surface area (Å²) in [7, 11) is 1.57. The highest BCUT2D eigenvalue weighted by molar-refractivity contribution is 5.99. The molecule has 1 aromatic carbocycles. The molecule has 31 heavy (non-hydrogen) atoms. The van der Waals surface area contributed by atoms with Gasteiger partial charge < -0.3 is 14.2 Å². The molecule has 0 spiro atoms. The number of carbonyl (C=O) groups excluding carboxylic acids is 2. The number of rotatable bonds is 10. The van der Waals surface area contributed by atoms with Crippen molar-refractivity contribution in [3.8, 4) is 11.5 Å². The predicted octanol–water partition coefficient (Wildman–Crippen LogP) is 3.83. The van der Waals surface area contributed by atoms with E-state index in [1.165, 1.54) is 12.3 Å². The molecule has 1 heterocycles. The van der Waals surface area contributed by atoms with E-state index in [-0.39, 0.29) is 17.7 Å². The third-order valence-corrected chi connectivity index (χ3v) is 4.47. The van der Waals surface area contributed by atoms with Crippen molar-refractivity contribution in [3.63, 3.8) is 0 Å². The van der Waals surface area contributed by atoms with E-state index in [2.05, 4.69) is 22.4 Å². The first-order chi connectivity index (χ1) is 14.9. The van der Waals surface area contributed by atoms with Crippen LogP contribution in [-0.2, 0) is 4.74 Å². The van der Waals surface area contributed by atoms with Gasteiger partial charge in [0.15, 0.2) is 11.5 Å². The lowest BCUT2D eigenvalue weighted by molar-refractivity contribution is 0.0525. The van der Waals surface area contributed by atoms with Crippen LogP contribution in [0.3, 0.4) is 0 Å². The lowest BCUT2D eigenvalue weighted by atomic mass is 10.1. The molecule has 0 bridgehead atoms. The number of aryl methyl sites for hydroxylation is 2. The minimum absolute atomic E-state index is 0.240. The Labute approximate surface area is 182 Å². The van der Waals surface area contributed by atoms with Crippen molar-refractivity contribution in [3.05, 3.63) is 52.3 Å². The zero-order valence-corrected chi connectivity index (χ0v) is 18.7. The largest absolute Gasteiger partial charge is 0.493 e. The second-order valence-electron chi connectivity index (χ2n) is 6.79. The van der Waals surface area contributed by atoms with Gasteiger partial charge >= 0.3 is 5.97 Å². The summed E-state index contributed by atoms with van der Waals surface area (Å²) < 4.78 is 16.1. The number of carbonyl (C=O) groups is 2. The van der Waals surface area contributed by atoms with E-state index in [0.717, 1.165) is 18.4 Å². The summed E-state index contributed by atoms with van der Waals surface area (Å²) in [5.41, 5.74) is 4.70. The van der Waals surface area contributed by atoms with E-state index < -0.39 is 11.9 Å². The Bertz CT molecular complexity index is 956. The third-order valence-electron chi connectivity index (χ3n) is 4.47. The molecule has 1 aromatic heterocycles. The fraction of sp³-hybridized carbons (Fsp3) is 0.391. The summed E-state index contributed by atoms with van der Waals surface area (Å²) in [4.78, 5) is 28.9. The minimum atomic E-state index is -0.515. The van der Waals surface area contributed by atoms with Crippen molar-refractivity contribution in [1.29, 1.82) is 0 Å². The van der Waals surface area contributed by atoms with Gasteiger partial charge in [0.2, 0.25) is 0 Å². The Kier molecular flexibility index (Phi) is 8.99. The number of unbranched alkanes of at least 4 members (excludes halogenated alkanes) is 1. The van der Waals surface area contributed by atoms with Crippen LogP contribution in [0.2, 0.25) is 0 Å². The summed E-state index contributed by atoms with van der Waals surface area (Å²) in [6.07, 6.45) is 3.51. The molecule has 0 atom stereocenters. The molecule has 166 valence electrons. The van der Waals surface area contributed by atoms with Crippen LogP contribution in [0.15, 0.2) is 29.4 Å². The fourth-order valence-corrected chi connectivity index (χ4v) is 2.81. The van der Waals surface area contributed by atoms with Crippen LogP contribution in [0, 0.1) is 13.8 Å². The molecule has 0 radical (unpaired) electrons. The van der Waals surface area contributed by atoms with E-state index in [9.17, 15) is 9.59 Å². The number of hydrazone groups is 1. The van der Waals surface area contributed by atoms with Gasteiger partial charge in [0, 0.05) is 0 Å². The number of esters is 1. The molecule has 0 fully saturated rings. The van der Waals surface area contributed by atoms with Gasteiger partial charge in [-0.15, -0.1) is 0 Å². The van der Waals surface area contributed by atoms with Crippen molar-refractivity contribution in [2.75, 3.05) is 20.3 Å². The zero-order valence-electron chi connectivity index (χ0n) is 18.7. The molecule has 0 unspecified atom stereocenters. The normalized spacial score (nSPS) is 10.7. The summed E-state index contributed by atoms with van der Waals surface area (Å²) >= 11 is 0. The van der Waals surface area contributed by atoms with Gasteiger partial charge in [-0.1, -0.05) is 13.3 Å². The van der Waals surface area contributed by atoms with Crippen LogP contribution in [0.25, 0.3) is 0 Å². The van der Waals surface area contributed by atoms with Crippen LogP contribution < -0.4 is 14.9 Å². The molecular weight excluding hydrogens is 398 g/mol. The van der Waals surface area contributed by atoms with Gasteiger partial charge in [0.1, 0.15) is 0 Å². The van der Waals surface area contributed by atoms with Crippen molar-refractivity contribution in [1.82, 2.24) is 10.4 Å². The van der Waals surface area contributed by atoms with Gasteiger partial charge in [0.05, 0.1) is 49.1 Å². The summed E-state index contributed by atoms with van der Waals surface area (Å²) in [6, 6.07) is 6.87. The van der Waals surface area contributed by atoms with E-state index >= 15 is 0 Å². The Morgan fingerprint density at radius 1 is 1.10 bits per heavy atom. The second kappa shape index (κ2) is 11.7. The first-order valence-electron chi connectivity index (χ1n) is 10.2. The quantitative estimate of drug-likeness (QED) is 0.268. The summed E-state index contributed by atoms with van der Waals surface area (Å²) in [6.45, 7) is 8.07. The maximum atomic E-state index is 12.6. The first kappa shape index (κ1) is 23.9. The summed E-state index contributed by atoms with van der Waals surface area (Å²) in [5, 5.41) is 4.01. The molecule has 0 saturated carbocycles. The van der Waals surface area contributed by atoms with Crippen LogP contribution in [0.1, 0.15) is 64.4 Å². The van der Waals surface area contributed by atoms with Crippen LogP contribution in [0.4, 0.5) is 0 Å². The Morgan fingerprint density at radius 2 is 1.84 bits per heavy atom. The average molecular weight is 428 g/mol. The third kappa shape index (κ3) is 6.53. The average Bonchev–Trinajstić information content (AvgIpc) is 2.74. The van der Waals surface area contributed by atoms with Gasteiger partial charge in [-0.25, -0.2) is 10.2 Å². The Balaban J connectivity index is 2.11. The van der Waals surface area contributed by atoms with Gasteiger partial charge in [-0.3, -0.25) is 9.78 Å². The lowest BCUT2D eigenvalue weighted by Crippen LogP contribution is -2.21. The predicted molar refractivity (Wildman–Crippen MR) is 118 cm³/mol. The minimum Gasteiger partial charge on any atom is -0.493 e. The molecule has 0 aliphatic heterocycles. The number of nitrogens with zero attached hydrogens (tertiary/aromatic N) is 2. The van der Waals surface area contributed by atoms with Crippen LogP contribution in [-0.4, -0.2) is 43.4 Å². The van der Waals surface area contributed by atoms with Crippen molar-refractivity contribution in [2.45, 2.75) is 40.5 Å². The highest BCUT2D eigenvalue weighted by atomic mass is 16.5. The van der Waals surface area contributed by atoms with E-state index in [0.29, 0.717) is 29.5 Å². The molecule has 2 aromatic rings. The van der Waals surface area contributed by atoms with E-state index in [1.54, 1.807) is 40.0 Å². The van der Waals surface area contributed by atoms with E-state index in [1.807, 2.05) is 6.07 Å². The number of ether oxygens (including phenoxy) is 3. The van der Waals surface area contributed by atoms with Gasteiger partial charge in [-0.05, 0) is 57.0 Å². The maximum Gasteiger partial charge on any atom is 0.339 e. The number of nitrogens with one attached hydrogen (secondary N) is 1. The number of hydrogen-bond acceptors (Lipinski definition) is 7. The van der Waals surface area contributed by atoms with Crippen molar-refractivity contribution in [2.24, 2.45) is 5.10 Å². The molecule has 8 nitrogen and oxygen atoms in total. The molecule has 1 amide bonds. The smallest absolute Gasteiger partial charge is 0.339 e. The van der Waals surface area contributed by atoms with Gasteiger partial charge in [0.25, 0.3) is 5.91 Å². The molecule has 0 saturated heterocycles. The molecular formula is C23H29N3O5. The number of hydrogen-bond donors (Lipinski definition) is 1. The van der Waals surface area contributed by atoms with Crippen molar-refractivity contribution >= 4 is 18.1 Å². The highest BCUT2D eigenvalue weighted by Gasteiger charge is 2.18. The molecule has 0 aliphatic rings. The van der Waals surface area contributed by atoms with Crippen LogP contribution >= 0.6 is 0 Å².